The highest BCUT2D eigenvalue weighted by Crippen LogP contribution is 2.14. The summed E-state index contributed by atoms with van der Waals surface area (Å²) in [5, 5.41) is 6.83. The van der Waals surface area contributed by atoms with E-state index in [4.69, 9.17) is 0 Å². The lowest BCUT2D eigenvalue weighted by molar-refractivity contribution is 0.0936. The molecular formula is C14H14FNOS2. The molecule has 0 saturated heterocycles. The van der Waals surface area contributed by atoms with Crippen molar-refractivity contribution in [2.45, 2.75) is 24.3 Å². The van der Waals surface area contributed by atoms with Crippen molar-refractivity contribution < 1.29 is 9.18 Å². The number of hydrogen-bond acceptors (Lipinski definition) is 3. The third-order valence-corrected chi connectivity index (χ3v) is 3.70. The summed E-state index contributed by atoms with van der Waals surface area (Å²) in [5.41, 5.74) is 1.20. The predicted octanol–water partition coefficient (Wildman–Crippen LogP) is 3.54. The lowest BCUT2D eigenvalue weighted by Gasteiger charge is -2.13. The molecule has 100 valence electrons. The van der Waals surface area contributed by atoms with Crippen molar-refractivity contribution >= 4 is 29.9 Å². The van der Waals surface area contributed by atoms with Crippen LogP contribution >= 0.6 is 24.0 Å². The molecule has 19 heavy (non-hydrogen) atoms. The van der Waals surface area contributed by atoms with Gasteiger partial charge in [-0.25, -0.2) is 4.39 Å². The minimum absolute atomic E-state index is 0.0321. The molecule has 0 aliphatic rings. The highest BCUT2D eigenvalue weighted by molar-refractivity contribution is 7.80. The maximum atomic E-state index is 13.6. The number of hydrogen-bond donors (Lipinski definition) is 2. The van der Waals surface area contributed by atoms with Crippen LogP contribution in [0.5, 0.6) is 0 Å². The van der Waals surface area contributed by atoms with Crippen LogP contribution in [0.4, 0.5) is 4.39 Å². The maximum absolute atomic E-state index is 13.6. The fraction of sp³-hybridized carbons (Fsp3) is 0.214. The Morgan fingerprint density at radius 2 is 2.26 bits per heavy atom. The molecule has 2 nitrogen and oxygen atoms in total. The summed E-state index contributed by atoms with van der Waals surface area (Å²) in [6.45, 7) is 1.90. The first-order valence-corrected chi connectivity index (χ1v) is 7.25. The van der Waals surface area contributed by atoms with Crippen molar-refractivity contribution in [3.05, 3.63) is 52.0 Å². The molecule has 0 aliphatic carbocycles. The summed E-state index contributed by atoms with van der Waals surface area (Å²) in [7, 11) is 0. The van der Waals surface area contributed by atoms with E-state index in [1.807, 2.05) is 23.8 Å². The van der Waals surface area contributed by atoms with E-state index in [2.05, 4.69) is 17.9 Å². The van der Waals surface area contributed by atoms with Crippen LogP contribution in [0.1, 0.15) is 22.8 Å². The molecule has 1 N–H and O–H groups in total. The zero-order valence-corrected chi connectivity index (χ0v) is 12.1. The van der Waals surface area contributed by atoms with Gasteiger partial charge in [-0.1, -0.05) is 0 Å². The molecule has 1 amide bonds. The van der Waals surface area contributed by atoms with Gasteiger partial charge in [-0.05, 0) is 53.9 Å². The van der Waals surface area contributed by atoms with Gasteiger partial charge in [0.05, 0.1) is 5.56 Å². The Kier molecular flexibility index (Phi) is 4.61. The topological polar surface area (TPSA) is 29.1 Å². The molecule has 0 bridgehead atoms. The molecule has 0 radical (unpaired) electrons. The number of halogens is 1. The van der Waals surface area contributed by atoms with Gasteiger partial charge in [0.15, 0.2) is 0 Å². The molecule has 0 saturated carbocycles. The van der Waals surface area contributed by atoms with E-state index < -0.39 is 11.7 Å². The molecule has 2 rings (SSSR count). The molecule has 1 atom stereocenters. The molecule has 0 fully saturated rings. The third kappa shape index (κ3) is 3.81. The van der Waals surface area contributed by atoms with Crippen molar-refractivity contribution in [1.82, 2.24) is 5.32 Å². The quantitative estimate of drug-likeness (QED) is 0.830. The molecule has 1 heterocycles. The highest BCUT2D eigenvalue weighted by Gasteiger charge is 2.14. The Labute approximate surface area is 121 Å². The number of amides is 1. The number of benzene rings is 1. The maximum Gasteiger partial charge on any atom is 0.254 e. The predicted molar refractivity (Wildman–Crippen MR) is 78.6 cm³/mol. The standard InChI is InChI=1S/C14H14FNOS2/c1-9(6-10-4-5-19-8-10)16-14(17)12-7-11(18)2-3-13(12)15/h2-5,7-9,18H,6H2,1H3,(H,16,17). The Balaban J connectivity index is 2.02. The average molecular weight is 295 g/mol. The van der Waals surface area contributed by atoms with E-state index in [1.54, 1.807) is 11.3 Å². The second-order valence-corrected chi connectivity index (χ2v) is 5.67. The molecule has 1 unspecified atom stereocenters. The minimum atomic E-state index is -0.530. The zero-order valence-electron chi connectivity index (χ0n) is 10.4. The van der Waals surface area contributed by atoms with Crippen LogP contribution < -0.4 is 5.32 Å². The third-order valence-electron chi connectivity index (χ3n) is 2.69. The van der Waals surface area contributed by atoms with Crippen LogP contribution in [0.3, 0.4) is 0 Å². The van der Waals surface area contributed by atoms with Gasteiger partial charge in [-0.15, -0.1) is 12.6 Å². The Morgan fingerprint density at radius 3 is 2.95 bits per heavy atom. The van der Waals surface area contributed by atoms with Gasteiger partial charge in [-0.2, -0.15) is 11.3 Å². The lowest BCUT2D eigenvalue weighted by Crippen LogP contribution is -2.34. The fourth-order valence-corrected chi connectivity index (χ4v) is 2.69. The molecule has 0 spiro atoms. The first kappa shape index (κ1) is 14.1. The van der Waals surface area contributed by atoms with Gasteiger partial charge in [0.25, 0.3) is 5.91 Å². The normalized spacial score (nSPS) is 12.2. The van der Waals surface area contributed by atoms with Crippen LogP contribution in [-0.4, -0.2) is 11.9 Å². The summed E-state index contributed by atoms with van der Waals surface area (Å²) in [6.07, 6.45) is 0.734. The van der Waals surface area contributed by atoms with E-state index >= 15 is 0 Å². The van der Waals surface area contributed by atoms with Gasteiger partial charge >= 0.3 is 0 Å². The lowest BCUT2D eigenvalue weighted by atomic mass is 10.1. The van der Waals surface area contributed by atoms with Gasteiger partial charge in [0.1, 0.15) is 5.82 Å². The molecule has 0 aliphatic heterocycles. The molecule has 1 aromatic carbocycles. The van der Waals surface area contributed by atoms with E-state index in [1.165, 1.54) is 23.8 Å². The molecular weight excluding hydrogens is 281 g/mol. The smallest absolute Gasteiger partial charge is 0.254 e. The monoisotopic (exact) mass is 295 g/mol. The summed E-state index contributed by atoms with van der Waals surface area (Å²) < 4.78 is 13.6. The van der Waals surface area contributed by atoms with Crippen LogP contribution in [0.25, 0.3) is 0 Å². The van der Waals surface area contributed by atoms with E-state index in [0.29, 0.717) is 4.90 Å². The Morgan fingerprint density at radius 1 is 1.47 bits per heavy atom. The second kappa shape index (κ2) is 6.21. The molecule has 5 heteroatoms. The Hall–Kier alpha value is -1.33. The number of rotatable bonds is 4. The first-order chi connectivity index (χ1) is 9.06. The van der Waals surface area contributed by atoms with Crippen LogP contribution in [-0.2, 0) is 6.42 Å². The first-order valence-electron chi connectivity index (χ1n) is 5.86. The van der Waals surface area contributed by atoms with Gasteiger partial charge in [0.2, 0.25) is 0 Å². The van der Waals surface area contributed by atoms with Crippen molar-refractivity contribution in [1.29, 1.82) is 0 Å². The molecule has 1 aromatic heterocycles. The van der Waals surface area contributed by atoms with Crippen molar-refractivity contribution in [2.24, 2.45) is 0 Å². The number of thiophene rings is 1. The SMILES string of the molecule is CC(Cc1ccsc1)NC(=O)c1cc(S)ccc1F. The summed E-state index contributed by atoms with van der Waals surface area (Å²) in [5.74, 6) is -0.936. The second-order valence-electron chi connectivity index (χ2n) is 4.37. The van der Waals surface area contributed by atoms with Crippen molar-refractivity contribution in [3.8, 4) is 0 Å². The number of thiol groups is 1. The number of carbonyl (C=O) groups excluding carboxylic acids is 1. The van der Waals surface area contributed by atoms with Crippen molar-refractivity contribution in [3.63, 3.8) is 0 Å². The van der Waals surface area contributed by atoms with Gasteiger partial charge in [0, 0.05) is 10.9 Å². The van der Waals surface area contributed by atoms with E-state index in [-0.39, 0.29) is 11.6 Å². The summed E-state index contributed by atoms with van der Waals surface area (Å²) >= 11 is 5.73. The van der Waals surface area contributed by atoms with Crippen LogP contribution in [0.15, 0.2) is 39.9 Å². The average Bonchev–Trinajstić information content (AvgIpc) is 2.84. The number of carbonyl (C=O) groups is 1. The Bertz CT molecular complexity index is 569. The summed E-state index contributed by atoms with van der Waals surface area (Å²) in [4.78, 5) is 12.5. The van der Waals surface area contributed by atoms with E-state index in [0.717, 1.165) is 6.42 Å². The van der Waals surface area contributed by atoms with E-state index in [9.17, 15) is 9.18 Å². The van der Waals surface area contributed by atoms with Gasteiger partial charge in [-0.3, -0.25) is 4.79 Å². The summed E-state index contributed by atoms with van der Waals surface area (Å²) in [6, 6.07) is 6.17. The fourth-order valence-electron chi connectivity index (χ4n) is 1.80. The zero-order chi connectivity index (χ0) is 13.8. The van der Waals surface area contributed by atoms with Crippen LogP contribution in [0.2, 0.25) is 0 Å². The largest absolute Gasteiger partial charge is 0.349 e. The van der Waals surface area contributed by atoms with Crippen molar-refractivity contribution in [2.75, 3.05) is 0 Å². The van der Waals surface area contributed by atoms with Gasteiger partial charge < -0.3 is 5.32 Å². The van der Waals surface area contributed by atoms with Crippen LogP contribution in [0, 0.1) is 5.82 Å². The minimum Gasteiger partial charge on any atom is -0.349 e. The highest BCUT2D eigenvalue weighted by atomic mass is 32.1. The number of nitrogens with one attached hydrogen (secondary N) is 1. The molecule has 2 aromatic rings.